The molecule has 0 heterocycles. The van der Waals surface area contributed by atoms with Gasteiger partial charge in [-0.15, -0.1) is 6.58 Å². The van der Waals surface area contributed by atoms with Crippen molar-refractivity contribution in [3.8, 4) is 0 Å². The summed E-state index contributed by atoms with van der Waals surface area (Å²) < 4.78 is 0. The van der Waals surface area contributed by atoms with Crippen molar-refractivity contribution in [2.75, 3.05) is 7.05 Å². The lowest BCUT2D eigenvalue weighted by Crippen LogP contribution is -2.47. The van der Waals surface area contributed by atoms with Gasteiger partial charge in [-0.3, -0.25) is 4.79 Å². The van der Waals surface area contributed by atoms with Crippen LogP contribution in [0.15, 0.2) is 73.3 Å². The van der Waals surface area contributed by atoms with E-state index in [1.54, 1.807) is 18.0 Å². The summed E-state index contributed by atoms with van der Waals surface area (Å²) in [4.78, 5) is 15.0. The molecule has 0 fully saturated rings. The fraction of sp³-hybridized carbons (Fsp3) is 0.348. The fourth-order valence-electron chi connectivity index (χ4n) is 3.35. The molecule has 0 saturated heterocycles. The monoisotopic (exact) mass is 351 g/mol. The van der Waals surface area contributed by atoms with Crippen LogP contribution in [0, 0.1) is 5.41 Å². The minimum Gasteiger partial charge on any atom is -0.386 e. The van der Waals surface area contributed by atoms with Gasteiger partial charge in [0.25, 0.3) is 0 Å². The first-order chi connectivity index (χ1) is 12.4. The van der Waals surface area contributed by atoms with Gasteiger partial charge in [0.2, 0.25) is 5.91 Å². The van der Waals surface area contributed by atoms with Crippen LogP contribution in [0.4, 0.5) is 0 Å². The predicted octanol–water partition coefficient (Wildman–Crippen LogP) is 4.39. The lowest BCUT2D eigenvalue weighted by molar-refractivity contribution is -0.144. The third-order valence-corrected chi connectivity index (χ3v) is 5.08. The molecule has 0 aliphatic carbocycles. The van der Waals surface area contributed by atoms with Crippen molar-refractivity contribution < 1.29 is 9.90 Å². The zero-order chi connectivity index (χ0) is 19.2. The lowest BCUT2D eigenvalue weighted by Gasteiger charge is -2.37. The Balaban J connectivity index is 2.20. The number of allylic oxidation sites excluding steroid dienone is 1. The largest absolute Gasteiger partial charge is 0.386 e. The molecule has 1 N–H and O–H groups in total. The van der Waals surface area contributed by atoms with Gasteiger partial charge in [0.15, 0.2) is 0 Å². The summed E-state index contributed by atoms with van der Waals surface area (Å²) in [7, 11) is 1.77. The molecule has 0 spiro atoms. The third kappa shape index (κ3) is 4.61. The van der Waals surface area contributed by atoms with Crippen LogP contribution in [0.3, 0.4) is 0 Å². The Morgan fingerprint density at radius 3 is 2.23 bits per heavy atom. The highest BCUT2D eigenvalue weighted by atomic mass is 16.3. The van der Waals surface area contributed by atoms with Gasteiger partial charge < -0.3 is 10.0 Å². The lowest BCUT2D eigenvalue weighted by atomic mass is 9.79. The van der Waals surface area contributed by atoms with Crippen LogP contribution in [-0.2, 0) is 11.2 Å². The summed E-state index contributed by atoms with van der Waals surface area (Å²) in [6.45, 7) is 7.69. The standard InChI is InChI=1S/C23H29NO2/c1-5-16-23(3,17-19-12-8-6-9-13-19)22(26)24(4)18(2)21(25)20-14-10-7-11-15-20/h5-15,18,21,25H,1,16-17H2,2-4H3/t18-,21+,23-/m0/s1. The Hall–Kier alpha value is -2.39. The van der Waals surface area contributed by atoms with Gasteiger partial charge in [-0.05, 0) is 30.9 Å². The fourth-order valence-corrected chi connectivity index (χ4v) is 3.35. The van der Waals surface area contributed by atoms with Crippen LogP contribution in [-0.4, -0.2) is 29.0 Å². The highest BCUT2D eigenvalue weighted by Gasteiger charge is 2.37. The van der Waals surface area contributed by atoms with Gasteiger partial charge in [-0.1, -0.05) is 73.7 Å². The van der Waals surface area contributed by atoms with Gasteiger partial charge in [0, 0.05) is 7.05 Å². The highest BCUT2D eigenvalue weighted by Crippen LogP contribution is 2.32. The van der Waals surface area contributed by atoms with Crippen molar-refractivity contribution in [3.05, 3.63) is 84.4 Å². The number of amides is 1. The summed E-state index contributed by atoms with van der Waals surface area (Å²) in [6.07, 6.45) is 2.29. The van der Waals surface area contributed by atoms with Crippen LogP contribution < -0.4 is 0 Å². The highest BCUT2D eigenvalue weighted by molar-refractivity contribution is 5.83. The first-order valence-electron chi connectivity index (χ1n) is 9.04. The topological polar surface area (TPSA) is 40.5 Å². The molecule has 3 heteroatoms. The molecule has 3 atom stereocenters. The van der Waals surface area contributed by atoms with E-state index in [0.717, 1.165) is 11.1 Å². The molecule has 2 aromatic rings. The van der Waals surface area contributed by atoms with Crippen molar-refractivity contribution in [2.45, 2.75) is 38.8 Å². The second kappa shape index (κ2) is 8.81. The van der Waals surface area contributed by atoms with Gasteiger partial charge in [-0.25, -0.2) is 0 Å². The van der Waals surface area contributed by atoms with Crippen LogP contribution >= 0.6 is 0 Å². The number of hydrogen-bond acceptors (Lipinski definition) is 2. The van der Waals surface area contributed by atoms with Crippen molar-refractivity contribution >= 4 is 5.91 Å². The van der Waals surface area contributed by atoms with E-state index >= 15 is 0 Å². The minimum atomic E-state index is -0.727. The molecular weight excluding hydrogens is 322 g/mol. The Morgan fingerprint density at radius 1 is 1.15 bits per heavy atom. The second-order valence-electron chi connectivity index (χ2n) is 7.23. The first-order valence-corrected chi connectivity index (χ1v) is 9.04. The van der Waals surface area contributed by atoms with Crippen LogP contribution in [0.5, 0.6) is 0 Å². The summed E-state index contributed by atoms with van der Waals surface area (Å²) in [5.41, 5.74) is 1.34. The van der Waals surface area contributed by atoms with E-state index in [0.29, 0.717) is 12.8 Å². The zero-order valence-corrected chi connectivity index (χ0v) is 15.9. The summed E-state index contributed by atoms with van der Waals surface area (Å²) in [5.74, 6) is 0.0173. The zero-order valence-electron chi connectivity index (χ0n) is 15.9. The van der Waals surface area contributed by atoms with E-state index in [4.69, 9.17) is 0 Å². The molecule has 2 aromatic carbocycles. The number of aliphatic hydroxyl groups is 1. The molecule has 26 heavy (non-hydrogen) atoms. The molecule has 1 amide bonds. The van der Waals surface area contributed by atoms with Gasteiger partial charge in [0.1, 0.15) is 0 Å². The van der Waals surface area contributed by atoms with Gasteiger partial charge in [0.05, 0.1) is 17.6 Å². The Bertz CT molecular complexity index is 714. The normalized spacial score (nSPS) is 15.5. The summed E-state index contributed by atoms with van der Waals surface area (Å²) >= 11 is 0. The maximum Gasteiger partial charge on any atom is 0.229 e. The number of benzene rings is 2. The summed E-state index contributed by atoms with van der Waals surface area (Å²) in [5, 5.41) is 10.7. The van der Waals surface area contributed by atoms with Gasteiger partial charge in [-0.2, -0.15) is 0 Å². The minimum absolute atomic E-state index is 0.0173. The molecule has 138 valence electrons. The molecule has 0 aliphatic heterocycles. The van der Waals surface area contributed by atoms with Crippen molar-refractivity contribution in [3.63, 3.8) is 0 Å². The van der Waals surface area contributed by atoms with E-state index in [2.05, 4.69) is 6.58 Å². The quantitative estimate of drug-likeness (QED) is 0.717. The van der Waals surface area contributed by atoms with Crippen molar-refractivity contribution in [1.82, 2.24) is 4.90 Å². The number of rotatable bonds is 8. The van der Waals surface area contributed by atoms with E-state index in [9.17, 15) is 9.90 Å². The molecule has 0 aromatic heterocycles. The first kappa shape index (κ1) is 19.9. The van der Waals surface area contributed by atoms with Crippen LogP contribution in [0.25, 0.3) is 0 Å². The van der Waals surface area contributed by atoms with E-state index < -0.39 is 11.5 Å². The maximum absolute atomic E-state index is 13.3. The van der Waals surface area contributed by atoms with E-state index in [1.165, 1.54) is 0 Å². The number of carbonyl (C=O) groups excluding carboxylic acids is 1. The average Bonchev–Trinajstić information content (AvgIpc) is 2.67. The molecule has 0 saturated carbocycles. The van der Waals surface area contributed by atoms with Crippen LogP contribution in [0.1, 0.15) is 37.5 Å². The number of carbonyl (C=O) groups is 1. The molecule has 0 radical (unpaired) electrons. The smallest absolute Gasteiger partial charge is 0.229 e. The number of hydrogen-bond donors (Lipinski definition) is 1. The van der Waals surface area contributed by atoms with E-state index in [1.807, 2.05) is 74.5 Å². The molecular formula is C23H29NO2. The maximum atomic E-state index is 13.3. The predicted molar refractivity (Wildman–Crippen MR) is 107 cm³/mol. The van der Waals surface area contributed by atoms with Crippen molar-refractivity contribution in [2.24, 2.45) is 5.41 Å². The van der Waals surface area contributed by atoms with Crippen molar-refractivity contribution in [1.29, 1.82) is 0 Å². The Morgan fingerprint density at radius 2 is 1.69 bits per heavy atom. The second-order valence-corrected chi connectivity index (χ2v) is 7.23. The molecule has 2 rings (SSSR count). The third-order valence-electron chi connectivity index (χ3n) is 5.08. The number of nitrogens with zero attached hydrogens (tertiary/aromatic N) is 1. The number of likely N-dealkylation sites (N-methyl/N-ethyl adjacent to an activating group) is 1. The van der Waals surface area contributed by atoms with Gasteiger partial charge >= 0.3 is 0 Å². The molecule has 0 aliphatic rings. The Kier molecular flexibility index (Phi) is 6.76. The SMILES string of the molecule is C=CC[C@@](C)(Cc1ccccc1)C(=O)N(C)[C@@H](C)[C@@H](O)c1ccccc1. The number of aliphatic hydroxyl groups excluding tert-OH is 1. The summed E-state index contributed by atoms with van der Waals surface area (Å²) in [6, 6.07) is 19.2. The van der Waals surface area contributed by atoms with Crippen LogP contribution in [0.2, 0.25) is 0 Å². The molecule has 3 nitrogen and oxygen atoms in total. The van der Waals surface area contributed by atoms with E-state index in [-0.39, 0.29) is 11.9 Å². The Labute approximate surface area is 157 Å². The molecule has 0 unspecified atom stereocenters. The molecule has 0 bridgehead atoms. The average molecular weight is 351 g/mol.